The van der Waals surface area contributed by atoms with E-state index in [0.717, 1.165) is 27.9 Å². The van der Waals surface area contributed by atoms with Crippen molar-refractivity contribution in [3.05, 3.63) is 83.4 Å². The van der Waals surface area contributed by atoms with E-state index in [0.29, 0.717) is 23.0 Å². The van der Waals surface area contributed by atoms with Crippen LogP contribution in [-0.2, 0) is 4.79 Å². The molecule has 0 aliphatic carbocycles. The molecule has 0 saturated heterocycles. The summed E-state index contributed by atoms with van der Waals surface area (Å²) in [5.41, 5.74) is 5.52. The first-order valence-corrected chi connectivity index (χ1v) is 10.0. The van der Waals surface area contributed by atoms with Gasteiger partial charge in [-0.15, -0.1) is 0 Å². The number of hydrogen-bond acceptors (Lipinski definition) is 5. The summed E-state index contributed by atoms with van der Waals surface area (Å²) in [6, 6.07) is 21.0. The number of carbonyl (C=O) groups is 1. The summed E-state index contributed by atoms with van der Waals surface area (Å²) < 4.78 is 11.3. The first-order chi connectivity index (χ1) is 15.0. The monoisotopic (exact) mass is 413 g/mol. The predicted octanol–water partition coefficient (Wildman–Crippen LogP) is 5.35. The van der Waals surface area contributed by atoms with Crippen LogP contribution in [0.15, 0.2) is 71.3 Å². The van der Waals surface area contributed by atoms with Gasteiger partial charge in [-0.05, 0) is 50.1 Å². The highest BCUT2D eigenvalue weighted by atomic mass is 16.5. The summed E-state index contributed by atoms with van der Waals surface area (Å²) in [6.07, 6.45) is 0. The van der Waals surface area contributed by atoms with Crippen LogP contribution in [0.5, 0.6) is 5.75 Å². The molecule has 4 aromatic rings. The van der Waals surface area contributed by atoms with Crippen LogP contribution in [0.25, 0.3) is 22.8 Å². The van der Waals surface area contributed by atoms with E-state index in [-0.39, 0.29) is 12.5 Å². The summed E-state index contributed by atoms with van der Waals surface area (Å²) in [4.78, 5) is 16.9. The molecule has 6 nitrogen and oxygen atoms in total. The molecular formula is C25H23N3O3. The fourth-order valence-electron chi connectivity index (χ4n) is 3.32. The average molecular weight is 413 g/mol. The Morgan fingerprint density at radius 1 is 0.935 bits per heavy atom. The Labute approximate surface area is 180 Å². The number of nitrogens with one attached hydrogen (secondary N) is 1. The lowest BCUT2D eigenvalue weighted by molar-refractivity contribution is -0.118. The second kappa shape index (κ2) is 8.83. The van der Waals surface area contributed by atoms with Crippen molar-refractivity contribution in [2.24, 2.45) is 0 Å². The third kappa shape index (κ3) is 4.64. The van der Waals surface area contributed by atoms with Gasteiger partial charge in [0.15, 0.2) is 6.61 Å². The van der Waals surface area contributed by atoms with E-state index < -0.39 is 0 Å². The molecule has 1 N–H and O–H groups in total. The second-order valence-electron chi connectivity index (χ2n) is 7.39. The van der Waals surface area contributed by atoms with Gasteiger partial charge in [-0.1, -0.05) is 59.3 Å². The number of hydrogen-bond donors (Lipinski definition) is 1. The highest BCUT2D eigenvalue weighted by Gasteiger charge is 2.16. The standard InChI is InChI=1S/C25H23N3O3/c1-16-12-13-21(18(3)14-16)26-23(29)15-30-22-11-7-6-10-20(22)25-27-24(28-31-25)19-9-5-4-8-17(19)2/h4-14H,15H2,1-3H3,(H,26,29). The average Bonchev–Trinajstić information content (AvgIpc) is 3.24. The van der Waals surface area contributed by atoms with Crippen LogP contribution in [0.2, 0.25) is 0 Å². The van der Waals surface area contributed by atoms with Gasteiger partial charge in [-0.25, -0.2) is 0 Å². The molecule has 0 saturated carbocycles. The topological polar surface area (TPSA) is 77.2 Å². The summed E-state index contributed by atoms with van der Waals surface area (Å²) >= 11 is 0. The van der Waals surface area contributed by atoms with E-state index in [9.17, 15) is 4.79 Å². The fourth-order valence-corrected chi connectivity index (χ4v) is 3.32. The van der Waals surface area contributed by atoms with Gasteiger partial charge in [0.2, 0.25) is 5.82 Å². The number of rotatable bonds is 6. The molecule has 6 heteroatoms. The second-order valence-corrected chi connectivity index (χ2v) is 7.39. The van der Waals surface area contributed by atoms with E-state index in [2.05, 4.69) is 15.5 Å². The lowest BCUT2D eigenvalue weighted by Gasteiger charge is -2.11. The van der Waals surface area contributed by atoms with E-state index in [1.165, 1.54) is 0 Å². The Morgan fingerprint density at radius 2 is 1.68 bits per heavy atom. The van der Waals surface area contributed by atoms with Crippen molar-refractivity contribution in [2.75, 3.05) is 11.9 Å². The number of aromatic nitrogens is 2. The maximum absolute atomic E-state index is 12.4. The molecule has 0 fully saturated rings. The predicted molar refractivity (Wildman–Crippen MR) is 120 cm³/mol. The maximum Gasteiger partial charge on any atom is 0.262 e. The number of carbonyl (C=O) groups excluding carboxylic acids is 1. The molecule has 0 bridgehead atoms. The van der Waals surface area contributed by atoms with Gasteiger partial charge in [-0.3, -0.25) is 4.79 Å². The molecule has 1 heterocycles. The summed E-state index contributed by atoms with van der Waals surface area (Å²) in [5.74, 6) is 1.10. The molecule has 3 aromatic carbocycles. The molecule has 31 heavy (non-hydrogen) atoms. The first-order valence-electron chi connectivity index (χ1n) is 10.0. The van der Waals surface area contributed by atoms with Crippen molar-refractivity contribution >= 4 is 11.6 Å². The van der Waals surface area contributed by atoms with Gasteiger partial charge in [-0.2, -0.15) is 4.98 Å². The van der Waals surface area contributed by atoms with E-state index in [4.69, 9.17) is 9.26 Å². The molecule has 1 amide bonds. The van der Waals surface area contributed by atoms with Gasteiger partial charge in [0.1, 0.15) is 5.75 Å². The van der Waals surface area contributed by atoms with Gasteiger partial charge in [0, 0.05) is 11.3 Å². The Kier molecular flexibility index (Phi) is 5.80. The highest BCUT2D eigenvalue weighted by Crippen LogP contribution is 2.31. The number of aryl methyl sites for hydroxylation is 3. The van der Waals surface area contributed by atoms with Crippen LogP contribution in [0.3, 0.4) is 0 Å². The van der Waals surface area contributed by atoms with Gasteiger partial charge in [0.05, 0.1) is 5.56 Å². The van der Waals surface area contributed by atoms with Crippen molar-refractivity contribution in [3.63, 3.8) is 0 Å². The molecule has 156 valence electrons. The molecule has 0 spiro atoms. The zero-order chi connectivity index (χ0) is 21.8. The number of amides is 1. The molecule has 0 atom stereocenters. The molecule has 0 unspecified atom stereocenters. The smallest absolute Gasteiger partial charge is 0.262 e. The van der Waals surface area contributed by atoms with E-state index >= 15 is 0 Å². The number of anilines is 1. The van der Waals surface area contributed by atoms with Crippen molar-refractivity contribution in [3.8, 4) is 28.6 Å². The molecule has 0 radical (unpaired) electrons. The minimum Gasteiger partial charge on any atom is -0.483 e. The SMILES string of the molecule is Cc1ccc(NC(=O)COc2ccccc2-c2nc(-c3ccccc3C)no2)c(C)c1. The summed E-state index contributed by atoms with van der Waals surface area (Å²) in [7, 11) is 0. The van der Waals surface area contributed by atoms with Crippen LogP contribution in [0.4, 0.5) is 5.69 Å². The third-order valence-corrected chi connectivity index (χ3v) is 4.94. The Hall–Kier alpha value is -3.93. The van der Waals surface area contributed by atoms with Gasteiger partial charge in [0.25, 0.3) is 11.8 Å². The lowest BCUT2D eigenvalue weighted by Crippen LogP contribution is -2.20. The number of para-hydroxylation sites is 1. The third-order valence-electron chi connectivity index (χ3n) is 4.94. The van der Waals surface area contributed by atoms with E-state index in [1.807, 2.05) is 81.4 Å². The Bertz CT molecular complexity index is 1230. The highest BCUT2D eigenvalue weighted by molar-refractivity contribution is 5.92. The molecule has 0 aliphatic rings. The minimum atomic E-state index is -0.243. The van der Waals surface area contributed by atoms with Gasteiger partial charge >= 0.3 is 0 Å². The largest absolute Gasteiger partial charge is 0.483 e. The van der Waals surface area contributed by atoms with Crippen LogP contribution < -0.4 is 10.1 Å². The number of benzene rings is 3. The minimum absolute atomic E-state index is 0.136. The van der Waals surface area contributed by atoms with Gasteiger partial charge < -0.3 is 14.6 Å². The van der Waals surface area contributed by atoms with Crippen LogP contribution in [0.1, 0.15) is 16.7 Å². The summed E-state index contributed by atoms with van der Waals surface area (Å²) in [5, 5.41) is 7.00. The number of ether oxygens (including phenoxy) is 1. The zero-order valence-electron chi connectivity index (χ0n) is 17.7. The fraction of sp³-hybridized carbons (Fsp3) is 0.160. The van der Waals surface area contributed by atoms with E-state index in [1.54, 1.807) is 6.07 Å². The lowest BCUT2D eigenvalue weighted by atomic mass is 10.1. The Morgan fingerprint density at radius 3 is 2.45 bits per heavy atom. The molecule has 4 rings (SSSR count). The van der Waals surface area contributed by atoms with Crippen molar-refractivity contribution in [1.82, 2.24) is 10.1 Å². The van der Waals surface area contributed by atoms with Crippen molar-refractivity contribution in [1.29, 1.82) is 0 Å². The van der Waals surface area contributed by atoms with Crippen LogP contribution in [-0.4, -0.2) is 22.7 Å². The normalized spacial score (nSPS) is 10.7. The molecule has 0 aliphatic heterocycles. The van der Waals surface area contributed by atoms with Crippen LogP contribution >= 0.6 is 0 Å². The Balaban J connectivity index is 1.49. The van der Waals surface area contributed by atoms with Crippen molar-refractivity contribution < 1.29 is 14.1 Å². The molecule has 1 aromatic heterocycles. The number of nitrogens with zero attached hydrogens (tertiary/aromatic N) is 2. The van der Waals surface area contributed by atoms with Crippen LogP contribution in [0, 0.1) is 20.8 Å². The van der Waals surface area contributed by atoms with Crippen molar-refractivity contribution in [2.45, 2.75) is 20.8 Å². The first kappa shape index (κ1) is 20.3. The quantitative estimate of drug-likeness (QED) is 0.461. The maximum atomic E-state index is 12.4. The summed E-state index contributed by atoms with van der Waals surface area (Å²) in [6.45, 7) is 5.83. The molecular weight excluding hydrogens is 390 g/mol. The zero-order valence-corrected chi connectivity index (χ0v) is 17.7.